The third-order valence-electron chi connectivity index (χ3n) is 2.61. The van der Waals surface area contributed by atoms with E-state index in [4.69, 9.17) is 5.11 Å². The van der Waals surface area contributed by atoms with Gasteiger partial charge in [0.05, 0.1) is 0 Å². The number of carbonyl (C=O) groups is 2. The highest BCUT2D eigenvalue weighted by atomic mass is 32.2. The highest BCUT2D eigenvalue weighted by Crippen LogP contribution is 2.16. The molecule has 0 heterocycles. The van der Waals surface area contributed by atoms with Crippen LogP contribution >= 0.6 is 11.8 Å². The molecule has 6 heteroatoms. The van der Waals surface area contributed by atoms with E-state index in [-0.39, 0.29) is 0 Å². The van der Waals surface area contributed by atoms with Crippen LogP contribution in [0.2, 0.25) is 0 Å². The molecule has 2 amide bonds. The van der Waals surface area contributed by atoms with Crippen LogP contribution in [0.25, 0.3) is 0 Å². The van der Waals surface area contributed by atoms with Crippen molar-refractivity contribution in [1.29, 1.82) is 0 Å². The minimum absolute atomic E-state index is 0.399. The summed E-state index contributed by atoms with van der Waals surface area (Å²) in [6.07, 6.45) is 1.99. The lowest BCUT2D eigenvalue weighted by atomic mass is 10.2. The summed E-state index contributed by atoms with van der Waals surface area (Å²) in [5.41, 5.74) is 1.01. The molecule has 0 bridgehead atoms. The Morgan fingerprint density at radius 3 is 2.74 bits per heavy atom. The van der Waals surface area contributed by atoms with Crippen LogP contribution in [0.3, 0.4) is 0 Å². The van der Waals surface area contributed by atoms with Gasteiger partial charge >= 0.3 is 12.0 Å². The van der Waals surface area contributed by atoms with Crippen molar-refractivity contribution in [3.8, 4) is 0 Å². The number of aliphatic carboxylic acids is 1. The number of nitrogens with zero attached hydrogens (tertiary/aromatic N) is 1. The third-order valence-corrected chi connectivity index (χ3v) is 3.34. The Morgan fingerprint density at radius 1 is 1.47 bits per heavy atom. The molecule has 5 nitrogen and oxygen atoms in total. The Hall–Kier alpha value is -1.69. The van der Waals surface area contributed by atoms with Gasteiger partial charge in [0.2, 0.25) is 0 Å². The number of benzene rings is 1. The van der Waals surface area contributed by atoms with Crippen molar-refractivity contribution in [2.24, 2.45) is 0 Å². The van der Waals surface area contributed by atoms with Gasteiger partial charge in [-0.15, -0.1) is 11.8 Å². The van der Waals surface area contributed by atoms with Crippen LogP contribution in [0.15, 0.2) is 29.2 Å². The standard InChI is InChI=1S/C13H18N2O3S/c1-9(12(16)17)14-13(18)15(2)8-10-5-4-6-11(7-10)19-3/h4-7,9H,8H2,1-3H3,(H,14,18)(H,16,17)/t9-/m1/s1. The number of carboxylic acid groups (broad SMARTS) is 1. The van der Waals surface area contributed by atoms with Crippen LogP contribution < -0.4 is 5.32 Å². The highest BCUT2D eigenvalue weighted by Gasteiger charge is 2.16. The number of carboxylic acids is 1. The predicted octanol–water partition coefficient (Wildman–Crippen LogP) is 2.02. The molecule has 1 atom stereocenters. The highest BCUT2D eigenvalue weighted by molar-refractivity contribution is 7.98. The van der Waals surface area contributed by atoms with Crippen LogP contribution in [0.1, 0.15) is 12.5 Å². The maximum absolute atomic E-state index is 11.8. The molecule has 1 aromatic carbocycles. The third kappa shape index (κ3) is 4.82. The Labute approximate surface area is 117 Å². The first-order valence-electron chi connectivity index (χ1n) is 5.81. The molecule has 0 aliphatic heterocycles. The van der Waals surface area contributed by atoms with E-state index in [2.05, 4.69) is 5.32 Å². The van der Waals surface area contributed by atoms with Gasteiger partial charge in [-0.05, 0) is 30.9 Å². The molecule has 0 aliphatic rings. The lowest BCUT2D eigenvalue weighted by Crippen LogP contribution is -2.44. The number of rotatable bonds is 5. The summed E-state index contributed by atoms with van der Waals surface area (Å²) in [5, 5.41) is 11.1. The summed E-state index contributed by atoms with van der Waals surface area (Å²) in [5.74, 6) is -1.05. The summed E-state index contributed by atoms with van der Waals surface area (Å²) in [6, 6.07) is 6.59. The molecule has 0 aliphatic carbocycles. The fourth-order valence-corrected chi connectivity index (χ4v) is 1.96. The number of hydrogen-bond donors (Lipinski definition) is 2. The zero-order valence-corrected chi connectivity index (χ0v) is 12.0. The monoisotopic (exact) mass is 282 g/mol. The van der Waals surface area contributed by atoms with Gasteiger partial charge in [0.25, 0.3) is 0 Å². The largest absolute Gasteiger partial charge is 0.480 e. The van der Waals surface area contributed by atoms with Gasteiger partial charge in [-0.3, -0.25) is 4.79 Å². The van der Waals surface area contributed by atoms with E-state index >= 15 is 0 Å². The number of nitrogens with one attached hydrogen (secondary N) is 1. The second kappa shape index (κ2) is 7.04. The lowest BCUT2D eigenvalue weighted by molar-refractivity contribution is -0.138. The molecule has 0 saturated carbocycles. The van der Waals surface area contributed by atoms with Gasteiger partial charge in [0.15, 0.2) is 0 Å². The van der Waals surface area contributed by atoms with Crippen molar-refractivity contribution >= 4 is 23.8 Å². The minimum Gasteiger partial charge on any atom is -0.480 e. The van der Waals surface area contributed by atoms with Gasteiger partial charge in [-0.1, -0.05) is 12.1 Å². The summed E-state index contributed by atoms with van der Waals surface area (Å²) < 4.78 is 0. The van der Waals surface area contributed by atoms with Gasteiger partial charge in [0, 0.05) is 18.5 Å². The van der Waals surface area contributed by atoms with Crippen molar-refractivity contribution in [3.05, 3.63) is 29.8 Å². The van der Waals surface area contributed by atoms with Gasteiger partial charge in [-0.2, -0.15) is 0 Å². The maximum Gasteiger partial charge on any atom is 0.325 e. The summed E-state index contributed by atoms with van der Waals surface area (Å²) in [7, 11) is 1.63. The Morgan fingerprint density at radius 2 is 2.16 bits per heavy atom. The Kier molecular flexibility index (Phi) is 5.69. The topological polar surface area (TPSA) is 69.6 Å². The fraction of sp³-hybridized carbons (Fsp3) is 0.385. The van der Waals surface area contributed by atoms with Crippen molar-refractivity contribution in [3.63, 3.8) is 0 Å². The first-order valence-corrected chi connectivity index (χ1v) is 7.04. The number of thioether (sulfide) groups is 1. The van der Waals surface area contributed by atoms with E-state index in [0.717, 1.165) is 10.5 Å². The minimum atomic E-state index is -1.05. The zero-order chi connectivity index (χ0) is 14.4. The summed E-state index contributed by atoms with van der Waals surface area (Å²) >= 11 is 1.64. The van der Waals surface area contributed by atoms with E-state index in [1.807, 2.05) is 30.5 Å². The number of hydrogen-bond acceptors (Lipinski definition) is 3. The average Bonchev–Trinajstić information content (AvgIpc) is 2.38. The second-order valence-electron chi connectivity index (χ2n) is 4.22. The smallest absolute Gasteiger partial charge is 0.325 e. The van der Waals surface area contributed by atoms with Crippen LogP contribution in [-0.4, -0.2) is 41.4 Å². The van der Waals surface area contributed by atoms with Gasteiger partial charge in [-0.25, -0.2) is 4.79 Å². The van der Waals surface area contributed by atoms with Crippen LogP contribution in [0, 0.1) is 0 Å². The van der Waals surface area contributed by atoms with Crippen LogP contribution in [0.5, 0.6) is 0 Å². The summed E-state index contributed by atoms with van der Waals surface area (Å²) in [6.45, 7) is 1.87. The molecule has 0 spiro atoms. The molecule has 19 heavy (non-hydrogen) atoms. The normalized spacial score (nSPS) is 11.7. The molecule has 0 radical (unpaired) electrons. The van der Waals surface area contributed by atoms with Crippen molar-refractivity contribution in [1.82, 2.24) is 10.2 Å². The lowest BCUT2D eigenvalue weighted by Gasteiger charge is -2.20. The average molecular weight is 282 g/mol. The molecule has 0 saturated heterocycles. The molecule has 0 aromatic heterocycles. The molecule has 0 fully saturated rings. The van der Waals surface area contributed by atoms with E-state index in [1.54, 1.807) is 18.8 Å². The van der Waals surface area contributed by atoms with Crippen molar-refractivity contribution in [2.45, 2.75) is 24.4 Å². The quantitative estimate of drug-likeness (QED) is 0.811. The molecule has 0 unspecified atom stereocenters. The van der Waals surface area contributed by atoms with Gasteiger partial charge in [0.1, 0.15) is 6.04 Å². The molecule has 1 rings (SSSR count). The zero-order valence-electron chi connectivity index (χ0n) is 11.2. The maximum atomic E-state index is 11.8. The van der Waals surface area contributed by atoms with E-state index in [1.165, 1.54) is 11.8 Å². The van der Waals surface area contributed by atoms with Crippen molar-refractivity contribution < 1.29 is 14.7 Å². The Balaban J connectivity index is 2.60. The SMILES string of the molecule is CSc1cccc(CN(C)C(=O)N[C@H](C)C(=O)O)c1. The second-order valence-corrected chi connectivity index (χ2v) is 5.10. The summed E-state index contributed by atoms with van der Waals surface area (Å²) in [4.78, 5) is 25.0. The van der Waals surface area contributed by atoms with Crippen LogP contribution in [0.4, 0.5) is 4.79 Å². The first kappa shape index (κ1) is 15.4. The number of amides is 2. The molecular weight excluding hydrogens is 264 g/mol. The van der Waals surface area contributed by atoms with Gasteiger partial charge < -0.3 is 15.3 Å². The number of carbonyl (C=O) groups excluding carboxylic acids is 1. The number of urea groups is 1. The van der Waals surface area contributed by atoms with Crippen molar-refractivity contribution in [2.75, 3.05) is 13.3 Å². The van der Waals surface area contributed by atoms with E-state index in [9.17, 15) is 9.59 Å². The molecular formula is C13H18N2O3S. The fourth-order valence-electron chi connectivity index (χ4n) is 1.47. The van der Waals surface area contributed by atoms with E-state index < -0.39 is 18.0 Å². The molecule has 2 N–H and O–H groups in total. The Bertz CT molecular complexity index is 465. The van der Waals surface area contributed by atoms with Crippen LogP contribution in [-0.2, 0) is 11.3 Å². The van der Waals surface area contributed by atoms with E-state index in [0.29, 0.717) is 6.54 Å². The predicted molar refractivity (Wildman–Crippen MR) is 75.3 cm³/mol. The molecule has 104 valence electrons. The first-order chi connectivity index (χ1) is 8.93. The molecule has 1 aromatic rings.